The Morgan fingerprint density at radius 2 is 0.451 bits per heavy atom. The zero-order valence-corrected chi connectivity index (χ0v) is 63.5. The van der Waals surface area contributed by atoms with Crippen LogP contribution in [-0.2, 0) is 29.3 Å². The van der Waals surface area contributed by atoms with Gasteiger partial charge in [0.2, 0.25) is 11.4 Å². The van der Waals surface area contributed by atoms with Crippen LogP contribution >= 0.6 is 0 Å². The van der Waals surface area contributed by atoms with Crippen molar-refractivity contribution in [2.75, 3.05) is 0 Å². The average molecular weight is 1300 g/mol. The predicted octanol–water partition coefficient (Wildman–Crippen LogP) is 31.9. The number of hydrogen-bond acceptors (Lipinski definition) is 0. The number of rotatable bonds is 64. The Labute approximate surface area is 582 Å². The molecule has 530 valence electrons. The van der Waals surface area contributed by atoms with Gasteiger partial charge in [0.05, 0.1) is 0 Å². The van der Waals surface area contributed by atoms with Crippen LogP contribution in [0.3, 0.4) is 0 Å². The van der Waals surface area contributed by atoms with Crippen LogP contribution in [0.25, 0.3) is 16.9 Å². The fraction of sp³-hybridized carbons (Fsp3) is 0.795. The summed E-state index contributed by atoms with van der Waals surface area (Å²) < 4.78 is 1.56. The molecule has 0 N–H and O–H groups in total. The third-order valence-corrected chi connectivity index (χ3v) is 19.7. The van der Waals surface area contributed by atoms with E-state index in [0.29, 0.717) is 0 Å². The summed E-state index contributed by atoms with van der Waals surface area (Å²) in [4.78, 5) is 0. The monoisotopic (exact) mass is 1300 g/mol. The van der Waals surface area contributed by atoms with E-state index in [4.69, 9.17) is 0 Å². The zero-order chi connectivity index (χ0) is 65.1. The Hall–Kier alpha value is -1.99. The van der Waals surface area contributed by atoms with Crippen LogP contribution in [0.15, 0.2) is 59.7 Å². The molecule has 3 rings (SSSR count). The first-order chi connectivity index (χ1) is 44.5. The van der Waals surface area contributed by atoms with E-state index in [0.717, 1.165) is 73.9 Å². The first-order valence-electron chi connectivity index (χ1n) is 41.2. The van der Waals surface area contributed by atoms with Gasteiger partial charge in [-0.3, -0.25) is 0 Å². The van der Waals surface area contributed by atoms with Crippen molar-refractivity contribution < 1.29 is 21.2 Å². The summed E-state index contributed by atoms with van der Waals surface area (Å²) in [6.07, 6.45) is 88.6. The summed E-state index contributed by atoms with van der Waals surface area (Å²) in [6.45, 7) is 21.5. The van der Waals surface area contributed by atoms with E-state index in [9.17, 15) is 5.53 Å². The number of nitrogens with zero attached hydrogens (tertiary/aromatic N) is 2. The molecule has 2 aromatic rings. The zero-order valence-electron chi connectivity index (χ0n) is 62.5. The standard InChI is InChI=1S/C36H52N2.2C26H53.Ni/c1-5-9-13-14-15-16-26-34-33(25-12-8-4)35(31-23-17-21-29(27-31)19-10-6-2)38(37)36(34)32-24-18-22-30(28-32)20-11-7-3;2*1-3-5-7-9-11-13-15-17-19-21-23-25-26-24-22-20-18-16-14-12-10-8-6-4-2;/h17-18,21-24,27-28H,5-16,19-20,25-26H2,1-4H3;2*1,3-26H2,2H3;/q;2*-1;+2. The molecule has 2 nitrogen and oxygen atoms in total. The van der Waals surface area contributed by atoms with Crippen LogP contribution in [0, 0.1) is 13.8 Å². The van der Waals surface area contributed by atoms with E-state index < -0.39 is 0 Å². The molecule has 0 atom stereocenters. The van der Waals surface area contributed by atoms with Crippen molar-refractivity contribution in [1.82, 2.24) is 0 Å². The molecule has 0 aliphatic carbocycles. The van der Waals surface area contributed by atoms with Gasteiger partial charge in [-0.2, -0.15) is 12.8 Å². The van der Waals surface area contributed by atoms with Crippen molar-refractivity contribution in [3.63, 3.8) is 0 Å². The minimum Gasteiger partial charge on any atom is -0.493 e. The molecular formula is C88H158N2Ni. The molecule has 91 heavy (non-hydrogen) atoms. The smallest absolute Gasteiger partial charge is 0.493 e. The van der Waals surface area contributed by atoms with Gasteiger partial charge in [-0.1, -0.05) is 413 Å². The summed E-state index contributed by atoms with van der Waals surface area (Å²) in [5, 5.41) is 0. The van der Waals surface area contributed by atoms with Crippen molar-refractivity contribution in [1.29, 1.82) is 0 Å². The third-order valence-electron chi connectivity index (χ3n) is 19.7. The van der Waals surface area contributed by atoms with Gasteiger partial charge < -0.3 is 19.4 Å². The van der Waals surface area contributed by atoms with Crippen LogP contribution in [0.1, 0.15) is 462 Å². The average Bonchev–Trinajstić information content (AvgIpc) is 1.67. The molecule has 0 unspecified atom stereocenters. The number of unbranched alkanes of at least 4 members (excludes halogenated alkanes) is 54. The molecule has 1 aliphatic rings. The second kappa shape index (κ2) is 70.8. The summed E-state index contributed by atoms with van der Waals surface area (Å²) in [5.41, 5.74) is 21.8. The topological polar surface area (TPSA) is 25.3 Å². The molecule has 0 radical (unpaired) electrons. The van der Waals surface area contributed by atoms with E-state index in [1.165, 1.54) is 382 Å². The van der Waals surface area contributed by atoms with E-state index in [1.807, 2.05) is 0 Å². The van der Waals surface area contributed by atoms with Gasteiger partial charge in [-0.15, -0.1) is 0 Å². The number of hydrogen-bond donors (Lipinski definition) is 0. The van der Waals surface area contributed by atoms with Crippen LogP contribution < -0.4 is 0 Å². The van der Waals surface area contributed by atoms with Gasteiger partial charge >= 0.3 is 16.5 Å². The van der Waals surface area contributed by atoms with Gasteiger partial charge in [-0.05, 0) is 86.8 Å². The molecule has 3 heteroatoms. The molecule has 0 amide bonds. The maximum absolute atomic E-state index is 11.9. The Kier molecular flexibility index (Phi) is 69.3. The number of allylic oxidation sites excluding steroid dienone is 2. The maximum Gasteiger partial charge on any atom is 2.00 e. The third kappa shape index (κ3) is 51.9. The first-order valence-corrected chi connectivity index (χ1v) is 41.2. The number of aryl methyl sites for hydroxylation is 2. The SMILES string of the molecule is CCCCCCCCC1=C(c2cccc(CCCC)c2)[N+](=[N-])C(c2cccc(CCCC)c2)=C1CCCC.[CH2-]CCCCCCCCCCCCCCCCCCCCCCCCC.[CH2-]CCCCCCCCCCCCCCCCCCCCCCCCC.[Ni+2]. The van der Waals surface area contributed by atoms with Gasteiger partial charge in [-0.25, -0.2) is 4.70 Å². The normalized spacial score (nSPS) is 12.2. The number of benzene rings is 2. The second-order valence-corrected chi connectivity index (χ2v) is 28.5. The van der Waals surface area contributed by atoms with E-state index >= 15 is 0 Å². The first kappa shape index (κ1) is 89.0. The van der Waals surface area contributed by atoms with Gasteiger partial charge in [0, 0.05) is 22.3 Å². The summed E-state index contributed by atoms with van der Waals surface area (Å²) in [6, 6.07) is 17.9. The van der Waals surface area contributed by atoms with E-state index in [1.54, 1.807) is 4.70 Å². The van der Waals surface area contributed by atoms with Crippen molar-refractivity contribution >= 4 is 11.4 Å². The molecule has 0 fully saturated rings. The molecule has 0 aromatic heterocycles. The van der Waals surface area contributed by atoms with Crippen LogP contribution in [0.5, 0.6) is 0 Å². The van der Waals surface area contributed by atoms with E-state index in [-0.39, 0.29) is 16.5 Å². The van der Waals surface area contributed by atoms with E-state index in [2.05, 4.69) is 104 Å². The van der Waals surface area contributed by atoms with Crippen molar-refractivity contribution in [2.24, 2.45) is 0 Å². The van der Waals surface area contributed by atoms with Crippen LogP contribution in [-0.4, -0.2) is 4.70 Å². The van der Waals surface area contributed by atoms with Crippen molar-refractivity contribution in [2.45, 2.75) is 452 Å². The largest absolute Gasteiger partial charge is 2.00 e. The maximum atomic E-state index is 11.9. The Morgan fingerprint density at radius 3 is 0.681 bits per heavy atom. The minimum absolute atomic E-state index is 0. The Morgan fingerprint density at radius 1 is 0.253 bits per heavy atom. The van der Waals surface area contributed by atoms with Crippen LogP contribution in [0.4, 0.5) is 0 Å². The quantitative estimate of drug-likeness (QED) is 0.0273. The molecule has 0 bridgehead atoms. The Bertz CT molecular complexity index is 1790. The second-order valence-electron chi connectivity index (χ2n) is 28.5. The molecule has 0 spiro atoms. The van der Waals surface area contributed by atoms with Gasteiger partial charge in [0.1, 0.15) is 0 Å². The predicted molar refractivity (Wildman–Crippen MR) is 409 cm³/mol. The fourth-order valence-corrected chi connectivity index (χ4v) is 13.7. The Balaban J connectivity index is 0.00000137. The van der Waals surface area contributed by atoms with Gasteiger partial charge in [0.15, 0.2) is 0 Å². The molecular weight excluding hydrogens is 1140 g/mol. The molecule has 1 heterocycles. The summed E-state index contributed by atoms with van der Waals surface area (Å²) in [5.74, 6) is 0. The van der Waals surface area contributed by atoms with Crippen molar-refractivity contribution in [3.05, 3.63) is 101 Å². The summed E-state index contributed by atoms with van der Waals surface area (Å²) >= 11 is 0. The van der Waals surface area contributed by atoms with Gasteiger partial charge in [0.25, 0.3) is 0 Å². The fourth-order valence-electron chi connectivity index (χ4n) is 13.7. The van der Waals surface area contributed by atoms with Crippen molar-refractivity contribution in [3.8, 4) is 0 Å². The molecule has 0 saturated carbocycles. The van der Waals surface area contributed by atoms with Crippen LogP contribution in [0.2, 0.25) is 0 Å². The molecule has 1 aliphatic heterocycles. The summed E-state index contributed by atoms with van der Waals surface area (Å²) in [7, 11) is 0. The molecule has 0 saturated heterocycles. The molecule has 2 aromatic carbocycles. The minimum atomic E-state index is 0.